The van der Waals surface area contributed by atoms with Crippen molar-refractivity contribution in [1.29, 1.82) is 0 Å². The van der Waals surface area contributed by atoms with Gasteiger partial charge in [0.2, 0.25) is 0 Å². The third kappa shape index (κ3) is 5.84. The third-order valence-corrected chi connectivity index (χ3v) is 4.00. The van der Waals surface area contributed by atoms with E-state index in [0.717, 1.165) is 12.1 Å². The summed E-state index contributed by atoms with van der Waals surface area (Å²) in [5, 5.41) is 3.96. The topological polar surface area (TPSA) is 57.1 Å². The molecule has 0 amide bonds. The molecule has 0 aliphatic heterocycles. The van der Waals surface area contributed by atoms with Crippen LogP contribution >= 0.6 is 0 Å². The molecule has 2 rings (SSSR count). The Kier molecular flexibility index (Phi) is 7.41. The summed E-state index contributed by atoms with van der Waals surface area (Å²) in [7, 11) is 2.68. The molecular formula is C21H20F3NO4. The van der Waals surface area contributed by atoms with Crippen molar-refractivity contribution in [1.82, 2.24) is 0 Å². The largest absolute Gasteiger partial charge is 0.503 e. The van der Waals surface area contributed by atoms with Gasteiger partial charge in [-0.05, 0) is 30.2 Å². The van der Waals surface area contributed by atoms with Gasteiger partial charge in [0, 0.05) is 5.56 Å². The lowest BCUT2D eigenvalue weighted by molar-refractivity contribution is -0.137. The second kappa shape index (κ2) is 9.77. The quantitative estimate of drug-likeness (QED) is 0.217. The third-order valence-electron chi connectivity index (χ3n) is 4.00. The second-order valence-electron chi connectivity index (χ2n) is 5.94. The number of hydrogen-bond donors (Lipinski definition) is 0. The van der Waals surface area contributed by atoms with Crippen LogP contribution in [-0.2, 0) is 31.9 Å². The number of nitrogens with zero attached hydrogens (tertiary/aromatic N) is 1. The lowest BCUT2D eigenvalue weighted by Crippen LogP contribution is -2.07. The Bertz CT molecular complexity index is 903. The molecule has 0 aliphatic rings. The number of ether oxygens (including phenoxy) is 2. The average Bonchev–Trinajstić information content (AvgIpc) is 2.71. The molecule has 0 radical (unpaired) electrons. The van der Waals surface area contributed by atoms with Crippen molar-refractivity contribution in [2.45, 2.75) is 19.7 Å². The maximum absolute atomic E-state index is 12.7. The van der Waals surface area contributed by atoms with Crippen LogP contribution < -0.4 is 0 Å². The first-order valence-corrected chi connectivity index (χ1v) is 8.51. The predicted molar refractivity (Wildman–Crippen MR) is 102 cm³/mol. The van der Waals surface area contributed by atoms with E-state index in [9.17, 15) is 18.0 Å². The number of benzene rings is 2. The first-order valence-electron chi connectivity index (χ1n) is 8.51. The summed E-state index contributed by atoms with van der Waals surface area (Å²) < 4.78 is 47.7. The summed E-state index contributed by atoms with van der Waals surface area (Å²) in [4.78, 5) is 17.4. The van der Waals surface area contributed by atoms with Crippen LogP contribution in [0.1, 0.15) is 29.2 Å². The molecule has 0 saturated carbocycles. The maximum Gasteiger partial charge on any atom is 0.416 e. The molecule has 0 saturated heterocycles. The van der Waals surface area contributed by atoms with Crippen molar-refractivity contribution < 1.29 is 32.3 Å². The van der Waals surface area contributed by atoms with E-state index in [1.54, 1.807) is 31.2 Å². The van der Waals surface area contributed by atoms with E-state index in [0.29, 0.717) is 22.4 Å². The first-order chi connectivity index (χ1) is 13.8. The van der Waals surface area contributed by atoms with E-state index in [-0.39, 0.29) is 12.2 Å². The van der Waals surface area contributed by atoms with Gasteiger partial charge in [0.15, 0.2) is 0 Å². The molecule has 0 fully saturated rings. The number of methoxy groups -OCH3 is 2. The van der Waals surface area contributed by atoms with Crippen LogP contribution in [0, 0.1) is 0 Å². The van der Waals surface area contributed by atoms with Crippen molar-refractivity contribution in [2.24, 2.45) is 5.16 Å². The van der Waals surface area contributed by atoms with E-state index in [4.69, 9.17) is 14.3 Å². The fourth-order valence-corrected chi connectivity index (χ4v) is 2.51. The molecule has 0 aliphatic carbocycles. The van der Waals surface area contributed by atoms with Crippen LogP contribution in [0.25, 0.3) is 5.57 Å². The Morgan fingerprint density at radius 1 is 1.07 bits per heavy atom. The zero-order chi connectivity index (χ0) is 21.4. The van der Waals surface area contributed by atoms with Crippen molar-refractivity contribution in [3.8, 4) is 0 Å². The van der Waals surface area contributed by atoms with Crippen LogP contribution in [0.2, 0.25) is 0 Å². The second-order valence-corrected chi connectivity index (χ2v) is 5.94. The number of alkyl halides is 3. The molecule has 8 heteroatoms. The van der Waals surface area contributed by atoms with Crippen LogP contribution in [0.3, 0.4) is 0 Å². The molecule has 0 spiro atoms. The molecular weight excluding hydrogens is 387 g/mol. The van der Waals surface area contributed by atoms with Crippen molar-refractivity contribution in [2.75, 3.05) is 14.2 Å². The molecule has 0 atom stereocenters. The van der Waals surface area contributed by atoms with E-state index >= 15 is 0 Å². The van der Waals surface area contributed by atoms with Gasteiger partial charge in [0.1, 0.15) is 12.2 Å². The Morgan fingerprint density at radius 2 is 1.72 bits per heavy atom. The van der Waals surface area contributed by atoms with E-state index in [2.05, 4.69) is 5.16 Å². The maximum atomic E-state index is 12.7. The van der Waals surface area contributed by atoms with E-state index < -0.39 is 17.7 Å². The number of esters is 1. The van der Waals surface area contributed by atoms with Gasteiger partial charge in [-0.25, -0.2) is 4.79 Å². The number of hydrogen-bond acceptors (Lipinski definition) is 5. The molecule has 0 N–H and O–H groups in total. The Hall–Kier alpha value is -3.29. The fraction of sp³-hybridized carbons (Fsp3) is 0.238. The molecule has 5 nitrogen and oxygen atoms in total. The summed E-state index contributed by atoms with van der Waals surface area (Å²) >= 11 is 0. The molecule has 0 unspecified atom stereocenters. The number of rotatable bonds is 7. The zero-order valence-corrected chi connectivity index (χ0v) is 16.1. The van der Waals surface area contributed by atoms with Crippen molar-refractivity contribution in [3.63, 3.8) is 0 Å². The number of carbonyl (C=O) groups excluding carboxylic acids is 1. The fourth-order valence-electron chi connectivity index (χ4n) is 2.51. The highest BCUT2D eigenvalue weighted by Gasteiger charge is 2.30. The molecule has 154 valence electrons. The highest BCUT2D eigenvalue weighted by atomic mass is 19.4. The summed E-state index contributed by atoms with van der Waals surface area (Å²) in [5.74, 6) is -0.566. The van der Waals surface area contributed by atoms with Gasteiger partial charge < -0.3 is 14.3 Å². The molecule has 29 heavy (non-hydrogen) atoms. The van der Waals surface area contributed by atoms with Crippen molar-refractivity contribution >= 4 is 17.3 Å². The minimum absolute atomic E-state index is 0.0339. The van der Waals surface area contributed by atoms with Gasteiger partial charge in [0.05, 0.1) is 31.8 Å². The van der Waals surface area contributed by atoms with Gasteiger partial charge in [-0.2, -0.15) is 13.2 Å². The lowest BCUT2D eigenvalue weighted by atomic mass is 10.0. The Labute approximate surface area is 166 Å². The van der Waals surface area contributed by atoms with E-state index in [1.807, 2.05) is 0 Å². The number of oxime groups is 1. The van der Waals surface area contributed by atoms with Gasteiger partial charge in [-0.3, -0.25) is 0 Å². The minimum atomic E-state index is -4.39. The highest BCUT2D eigenvalue weighted by molar-refractivity contribution is 6.16. The number of halogens is 3. The van der Waals surface area contributed by atoms with Gasteiger partial charge in [0.25, 0.3) is 0 Å². The Balaban J connectivity index is 2.16. The SMILES string of the molecule is CO/C=C(/C(=O)OC)c1ccccc1CO/N=C(\C)c1ccc(C(F)(F)F)cc1. The summed E-state index contributed by atoms with van der Waals surface area (Å²) in [5.41, 5.74) is 1.62. The van der Waals surface area contributed by atoms with Crippen LogP contribution in [-0.4, -0.2) is 25.9 Å². The molecule has 0 bridgehead atoms. The van der Waals surface area contributed by atoms with Crippen LogP contribution in [0.4, 0.5) is 13.2 Å². The summed E-state index contributed by atoms with van der Waals surface area (Å²) in [6.07, 6.45) is -3.11. The molecule has 0 aromatic heterocycles. The summed E-state index contributed by atoms with van der Waals surface area (Å²) in [6, 6.07) is 11.6. The van der Waals surface area contributed by atoms with Crippen LogP contribution in [0.5, 0.6) is 0 Å². The van der Waals surface area contributed by atoms with Gasteiger partial charge >= 0.3 is 12.1 Å². The highest BCUT2D eigenvalue weighted by Crippen LogP contribution is 2.29. The monoisotopic (exact) mass is 407 g/mol. The Morgan fingerprint density at radius 3 is 2.31 bits per heavy atom. The standard InChI is InChI=1S/C21H20F3NO4/c1-14(15-8-10-17(11-9-15)21(22,23)24)25-29-12-16-6-4-5-7-18(16)19(13-27-2)20(26)28-3/h4-11,13H,12H2,1-3H3/b19-13+,25-14+. The molecule has 2 aromatic carbocycles. The molecule has 0 heterocycles. The van der Waals surface area contributed by atoms with Crippen molar-refractivity contribution in [3.05, 3.63) is 77.0 Å². The zero-order valence-electron chi connectivity index (χ0n) is 16.1. The smallest absolute Gasteiger partial charge is 0.416 e. The van der Waals surface area contributed by atoms with Gasteiger partial charge in [-0.15, -0.1) is 0 Å². The first kappa shape index (κ1) is 22.0. The molecule has 2 aromatic rings. The average molecular weight is 407 g/mol. The lowest BCUT2D eigenvalue weighted by Gasteiger charge is -2.11. The predicted octanol–water partition coefficient (Wildman–Crippen LogP) is 4.81. The van der Waals surface area contributed by atoms with E-state index in [1.165, 1.54) is 32.6 Å². The normalized spacial score (nSPS) is 12.5. The van der Waals surface area contributed by atoms with Crippen LogP contribution in [0.15, 0.2) is 59.9 Å². The minimum Gasteiger partial charge on any atom is -0.503 e. The number of carbonyl (C=O) groups is 1. The summed E-state index contributed by atoms with van der Waals surface area (Å²) in [6.45, 7) is 1.66. The van der Waals surface area contributed by atoms with Gasteiger partial charge in [-0.1, -0.05) is 41.6 Å².